The quantitative estimate of drug-likeness (QED) is 0.698. The number of aromatic nitrogens is 2. The highest BCUT2D eigenvalue weighted by Crippen LogP contribution is 2.08. The molecule has 0 bridgehead atoms. The molecule has 0 radical (unpaired) electrons. The Labute approximate surface area is 87.6 Å². The summed E-state index contributed by atoms with van der Waals surface area (Å²) in [4.78, 5) is 10.4. The second-order valence-corrected chi connectivity index (χ2v) is 3.19. The topological polar surface area (TPSA) is 90.4 Å². The molecule has 0 aromatic carbocycles. The number of nitrogens with zero attached hydrogens (tertiary/aromatic N) is 2. The molecule has 0 aliphatic heterocycles. The Morgan fingerprint density at radius 1 is 1.80 bits per heavy atom. The van der Waals surface area contributed by atoms with Crippen LogP contribution in [-0.4, -0.2) is 33.5 Å². The highest BCUT2D eigenvalue weighted by Gasteiger charge is 2.12. The summed E-state index contributed by atoms with van der Waals surface area (Å²) in [5.74, 6) is -0.531. The zero-order valence-electron chi connectivity index (χ0n) is 8.59. The molecule has 0 aliphatic rings. The second kappa shape index (κ2) is 5.35. The fraction of sp³-hybridized carbons (Fsp3) is 0.556. The molecule has 0 amide bonds. The highest BCUT2D eigenvalue weighted by molar-refractivity contribution is 5.73. The van der Waals surface area contributed by atoms with Gasteiger partial charge in [0.25, 0.3) is 0 Å². The smallest absolute Gasteiger partial charge is 0.324 e. The lowest BCUT2D eigenvalue weighted by molar-refractivity contribution is -0.139. The number of nitrogens with two attached hydrogens (primary N) is 1. The van der Waals surface area contributed by atoms with E-state index in [-0.39, 0.29) is 6.61 Å². The molecule has 0 saturated carbocycles. The van der Waals surface area contributed by atoms with Crippen LogP contribution in [0.25, 0.3) is 0 Å². The molecule has 0 aliphatic carbocycles. The molecule has 84 valence electrons. The van der Waals surface area contributed by atoms with Crippen molar-refractivity contribution in [3.05, 3.63) is 12.4 Å². The van der Waals surface area contributed by atoms with Crippen LogP contribution in [0.15, 0.2) is 12.4 Å². The number of hydrogen-bond donors (Lipinski definition) is 2. The van der Waals surface area contributed by atoms with Gasteiger partial charge in [-0.3, -0.25) is 9.48 Å². The van der Waals surface area contributed by atoms with E-state index in [1.54, 1.807) is 17.1 Å². The second-order valence-electron chi connectivity index (χ2n) is 3.19. The van der Waals surface area contributed by atoms with Gasteiger partial charge in [-0.05, 0) is 6.42 Å². The minimum Gasteiger partial charge on any atom is -0.488 e. The molecule has 0 saturated heterocycles. The molecule has 1 unspecified atom stereocenters. The minimum absolute atomic E-state index is 0.0485. The maximum atomic E-state index is 10.4. The number of hydrogen-bond acceptors (Lipinski definition) is 4. The van der Waals surface area contributed by atoms with Gasteiger partial charge >= 0.3 is 5.97 Å². The lowest BCUT2D eigenvalue weighted by Crippen LogP contribution is -2.36. The standard InChI is InChI=1S/C9H15N3O3/c1-2-3-12-5-7(4-11-12)15-6-8(10)9(13)14/h4-5,8H,2-3,6,10H2,1H3,(H,13,14). The van der Waals surface area contributed by atoms with E-state index < -0.39 is 12.0 Å². The largest absolute Gasteiger partial charge is 0.488 e. The van der Waals surface area contributed by atoms with Gasteiger partial charge in [0.2, 0.25) is 0 Å². The summed E-state index contributed by atoms with van der Waals surface area (Å²) in [7, 11) is 0. The average molecular weight is 213 g/mol. The van der Waals surface area contributed by atoms with Crippen molar-refractivity contribution < 1.29 is 14.6 Å². The fourth-order valence-electron chi connectivity index (χ4n) is 1.03. The van der Waals surface area contributed by atoms with Crippen LogP contribution in [-0.2, 0) is 11.3 Å². The van der Waals surface area contributed by atoms with Gasteiger partial charge < -0.3 is 15.6 Å². The van der Waals surface area contributed by atoms with E-state index in [2.05, 4.69) is 5.10 Å². The van der Waals surface area contributed by atoms with Gasteiger partial charge in [-0.25, -0.2) is 0 Å². The number of aryl methyl sites for hydroxylation is 1. The van der Waals surface area contributed by atoms with Crippen molar-refractivity contribution in [3.63, 3.8) is 0 Å². The van der Waals surface area contributed by atoms with Crippen LogP contribution in [0.5, 0.6) is 5.75 Å². The number of ether oxygens (including phenoxy) is 1. The van der Waals surface area contributed by atoms with Crippen LogP contribution < -0.4 is 10.5 Å². The predicted molar refractivity (Wildman–Crippen MR) is 53.6 cm³/mol. The molecule has 0 spiro atoms. The SMILES string of the molecule is CCCn1cc(OCC(N)C(=O)O)cn1. The normalized spacial score (nSPS) is 12.4. The summed E-state index contributed by atoms with van der Waals surface area (Å²) >= 11 is 0. The Morgan fingerprint density at radius 2 is 2.53 bits per heavy atom. The van der Waals surface area contributed by atoms with Crippen molar-refractivity contribution in [2.75, 3.05) is 6.61 Å². The monoisotopic (exact) mass is 213 g/mol. The van der Waals surface area contributed by atoms with Crippen LogP contribution in [0.3, 0.4) is 0 Å². The third-order valence-corrected chi connectivity index (χ3v) is 1.81. The molecule has 3 N–H and O–H groups in total. The van der Waals surface area contributed by atoms with Crippen molar-refractivity contribution >= 4 is 5.97 Å². The summed E-state index contributed by atoms with van der Waals surface area (Å²) in [5.41, 5.74) is 5.28. The van der Waals surface area contributed by atoms with Crippen molar-refractivity contribution in [1.82, 2.24) is 9.78 Å². The van der Waals surface area contributed by atoms with Crippen molar-refractivity contribution in [2.24, 2.45) is 5.73 Å². The van der Waals surface area contributed by atoms with E-state index in [0.717, 1.165) is 13.0 Å². The first-order valence-electron chi connectivity index (χ1n) is 4.77. The van der Waals surface area contributed by atoms with E-state index in [4.69, 9.17) is 15.6 Å². The molecule has 6 nitrogen and oxygen atoms in total. The highest BCUT2D eigenvalue weighted by atomic mass is 16.5. The fourth-order valence-corrected chi connectivity index (χ4v) is 1.03. The lowest BCUT2D eigenvalue weighted by atomic mass is 10.3. The van der Waals surface area contributed by atoms with Gasteiger partial charge in [0, 0.05) is 6.54 Å². The Bertz CT molecular complexity index is 324. The van der Waals surface area contributed by atoms with Crippen molar-refractivity contribution in [3.8, 4) is 5.75 Å². The van der Waals surface area contributed by atoms with E-state index >= 15 is 0 Å². The Hall–Kier alpha value is -1.56. The van der Waals surface area contributed by atoms with Gasteiger partial charge in [-0.2, -0.15) is 5.10 Å². The summed E-state index contributed by atoms with van der Waals surface area (Å²) < 4.78 is 6.90. The van der Waals surface area contributed by atoms with Crippen LogP contribution in [0.1, 0.15) is 13.3 Å². The summed E-state index contributed by atoms with van der Waals surface area (Å²) in [5, 5.41) is 12.6. The van der Waals surface area contributed by atoms with Gasteiger partial charge in [0.1, 0.15) is 12.6 Å². The molecule has 1 atom stereocenters. The molecule has 1 aromatic rings. The maximum absolute atomic E-state index is 10.4. The molecule has 0 fully saturated rings. The molecule has 1 heterocycles. The Balaban J connectivity index is 2.40. The van der Waals surface area contributed by atoms with Gasteiger partial charge in [0.15, 0.2) is 5.75 Å². The van der Waals surface area contributed by atoms with Crippen molar-refractivity contribution in [1.29, 1.82) is 0 Å². The van der Waals surface area contributed by atoms with Gasteiger partial charge in [-0.15, -0.1) is 0 Å². The van der Waals surface area contributed by atoms with Crippen LogP contribution in [0, 0.1) is 0 Å². The molecule has 6 heteroatoms. The predicted octanol–water partition coefficient (Wildman–Crippen LogP) is 0.0838. The molecule has 1 aromatic heterocycles. The molecular weight excluding hydrogens is 198 g/mol. The third kappa shape index (κ3) is 3.59. The zero-order chi connectivity index (χ0) is 11.3. The molecule has 15 heavy (non-hydrogen) atoms. The third-order valence-electron chi connectivity index (χ3n) is 1.81. The first-order valence-corrected chi connectivity index (χ1v) is 4.77. The number of carbonyl (C=O) groups is 1. The van der Waals surface area contributed by atoms with Crippen LogP contribution in [0.4, 0.5) is 0 Å². The van der Waals surface area contributed by atoms with E-state index in [1.165, 1.54) is 0 Å². The number of aliphatic carboxylic acids is 1. The number of rotatable bonds is 6. The zero-order valence-corrected chi connectivity index (χ0v) is 8.59. The molecular formula is C9H15N3O3. The van der Waals surface area contributed by atoms with Crippen molar-refractivity contribution in [2.45, 2.75) is 25.9 Å². The summed E-state index contributed by atoms with van der Waals surface area (Å²) in [6.45, 7) is 2.81. The minimum atomic E-state index is -1.07. The lowest BCUT2D eigenvalue weighted by Gasteiger charge is -2.06. The van der Waals surface area contributed by atoms with E-state index in [0.29, 0.717) is 5.75 Å². The first kappa shape index (κ1) is 11.5. The van der Waals surface area contributed by atoms with Gasteiger partial charge in [0.05, 0.1) is 12.4 Å². The Kier molecular flexibility index (Phi) is 4.11. The van der Waals surface area contributed by atoms with E-state index in [9.17, 15) is 4.79 Å². The average Bonchev–Trinajstić information content (AvgIpc) is 2.62. The first-order chi connectivity index (χ1) is 7.13. The maximum Gasteiger partial charge on any atom is 0.324 e. The molecule has 1 rings (SSSR count). The van der Waals surface area contributed by atoms with Crippen LogP contribution >= 0.6 is 0 Å². The van der Waals surface area contributed by atoms with Gasteiger partial charge in [-0.1, -0.05) is 6.92 Å². The van der Waals surface area contributed by atoms with Crippen LogP contribution in [0.2, 0.25) is 0 Å². The number of carboxylic acids is 1. The Morgan fingerprint density at radius 3 is 3.13 bits per heavy atom. The number of carboxylic acid groups (broad SMARTS) is 1. The van der Waals surface area contributed by atoms with E-state index in [1.807, 2.05) is 6.92 Å². The summed E-state index contributed by atoms with van der Waals surface area (Å²) in [6, 6.07) is -1.00. The summed E-state index contributed by atoms with van der Waals surface area (Å²) in [6.07, 6.45) is 4.25.